The van der Waals surface area contributed by atoms with E-state index in [1.165, 1.54) is 6.07 Å². The molecule has 1 aromatic rings. The van der Waals surface area contributed by atoms with Gasteiger partial charge in [0.15, 0.2) is 5.79 Å². The Morgan fingerprint density at radius 3 is 2.46 bits per heavy atom. The molecule has 1 spiro atoms. The Morgan fingerprint density at radius 2 is 1.88 bits per heavy atom. The van der Waals surface area contributed by atoms with Crippen molar-refractivity contribution in [1.82, 2.24) is 0 Å². The summed E-state index contributed by atoms with van der Waals surface area (Å²) in [5.41, 5.74) is 0.859. The first-order valence-corrected chi connectivity index (χ1v) is 8.23. The van der Waals surface area contributed by atoms with Gasteiger partial charge in [0.25, 0.3) is 0 Å². The molecule has 6 nitrogen and oxygen atoms in total. The highest BCUT2D eigenvalue weighted by molar-refractivity contribution is 5.82. The highest BCUT2D eigenvalue weighted by Gasteiger charge is 2.57. The number of nitrogens with one attached hydrogen (secondary N) is 1. The van der Waals surface area contributed by atoms with Crippen LogP contribution >= 0.6 is 0 Å². The molecule has 1 aliphatic carbocycles. The lowest BCUT2D eigenvalue weighted by Gasteiger charge is -2.51. The standard InChI is InChI=1S/C17H20FNO5/c18-15-7-13(19-16(20)21)1-2-14(15)10-5-11-8-22-9-12(6-10)17(11)23-3-4-24-17/h1-2,7,10-12,19H,3-6,8-9H2,(H,20,21). The molecule has 1 saturated carbocycles. The third-order valence-electron chi connectivity index (χ3n) is 5.34. The van der Waals surface area contributed by atoms with Gasteiger partial charge in [-0.15, -0.1) is 0 Å². The maximum Gasteiger partial charge on any atom is 0.409 e. The molecule has 130 valence electrons. The van der Waals surface area contributed by atoms with E-state index in [0.717, 1.165) is 12.8 Å². The number of carbonyl (C=O) groups is 1. The van der Waals surface area contributed by atoms with Gasteiger partial charge in [0.2, 0.25) is 0 Å². The predicted molar refractivity (Wildman–Crippen MR) is 82.5 cm³/mol. The van der Waals surface area contributed by atoms with Gasteiger partial charge in [-0.25, -0.2) is 9.18 Å². The fraction of sp³-hybridized carbons (Fsp3) is 0.588. The first kappa shape index (κ1) is 15.8. The summed E-state index contributed by atoms with van der Waals surface area (Å²) in [5.74, 6) is -0.700. The number of rotatable bonds is 2. The number of hydrogen-bond donors (Lipinski definition) is 2. The lowest BCUT2D eigenvalue weighted by atomic mass is 9.67. The van der Waals surface area contributed by atoms with E-state index in [1.807, 2.05) is 0 Å². The minimum absolute atomic E-state index is 0.0567. The average Bonchev–Trinajstić information content (AvgIpc) is 2.97. The molecule has 1 amide bonds. The van der Waals surface area contributed by atoms with Gasteiger partial charge in [-0.1, -0.05) is 6.07 Å². The van der Waals surface area contributed by atoms with Crippen LogP contribution in [-0.2, 0) is 14.2 Å². The van der Waals surface area contributed by atoms with Gasteiger partial charge in [-0.3, -0.25) is 5.32 Å². The molecule has 2 N–H and O–H groups in total. The number of anilines is 1. The minimum atomic E-state index is -1.20. The topological polar surface area (TPSA) is 77.0 Å². The molecular formula is C17H20FNO5. The van der Waals surface area contributed by atoms with Crippen molar-refractivity contribution >= 4 is 11.8 Å². The van der Waals surface area contributed by atoms with Gasteiger partial charge >= 0.3 is 6.09 Å². The normalized spacial score (nSPS) is 31.1. The third-order valence-corrected chi connectivity index (χ3v) is 5.34. The Hall–Kier alpha value is -1.70. The average molecular weight is 337 g/mol. The summed E-state index contributed by atoms with van der Waals surface area (Å²) >= 11 is 0. The van der Waals surface area contributed by atoms with Crippen molar-refractivity contribution in [2.45, 2.75) is 24.5 Å². The highest BCUT2D eigenvalue weighted by Crippen LogP contribution is 2.52. The van der Waals surface area contributed by atoms with Crippen LogP contribution in [0, 0.1) is 17.7 Å². The van der Waals surface area contributed by atoms with E-state index in [2.05, 4.69) is 5.32 Å². The van der Waals surface area contributed by atoms with Gasteiger partial charge < -0.3 is 19.3 Å². The van der Waals surface area contributed by atoms with E-state index in [1.54, 1.807) is 12.1 Å². The zero-order valence-electron chi connectivity index (χ0n) is 13.2. The fourth-order valence-corrected chi connectivity index (χ4v) is 4.39. The molecule has 1 aromatic carbocycles. The SMILES string of the molecule is O=C(O)Nc1ccc(C2CC3COCC(C2)C32OCCO2)c(F)c1. The molecule has 2 unspecified atom stereocenters. The van der Waals surface area contributed by atoms with Crippen molar-refractivity contribution in [3.8, 4) is 0 Å². The summed E-state index contributed by atoms with van der Waals surface area (Å²) in [5, 5.41) is 10.9. The lowest BCUT2D eigenvalue weighted by molar-refractivity contribution is -0.290. The van der Waals surface area contributed by atoms with Crippen LogP contribution in [0.15, 0.2) is 18.2 Å². The Bertz CT molecular complexity index is 630. The first-order valence-electron chi connectivity index (χ1n) is 8.23. The summed E-state index contributed by atoms with van der Waals surface area (Å²) in [4.78, 5) is 10.7. The molecule has 3 fully saturated rings. The molecule has 2 saturated heterocycles. The largest absolute Gasteiger partial charge is 0.465 e. The summed E-state index contributed by atoms with van der Waals surface area (Å²) in [6, 6.07) is 4.52. The molecular weight excluding hydrogens is 317 g/mol. The van der Waals surface area contributed by atoms with E-state index in [-0.39, 0.29) is 29.3 Å². The molecule has 0 radical (unpaired) electrons. The first-order chi connectivity index (χ1) is 11.6. The number of halogens is 1. The smallest absolute Gasteiger partial charge is 0.409 e. The van der Waals surface area contributed by atoms with E-state index in [0.29, 0.717) is 32.0 Å². The van der Waals surface area contributed by atoms with Crippen LogP contribution in [0.4, 0.5) is 14.9 Å². The van der Waals surface area contributed by atoms with Crippen molar-refractivity contribution in [2.24, 2.45) is 11.8 Å². The zero-order valence-corrected chi connectivity index (χ0v) is 13.2. The number of amides is 1. The van der Waals surface area contributed by atoms with Gasteiger partial charge in [-0.2, -0.15) is 0 Å². The van der Waals surface area contributed by atoms with Crippen molar-refractivity contribution in [1.29, 1.82) is 0 Å². The molecule has 2 bridgehead atoms. The Balaban J connectivity index is 1.57. The molecule has 0 aromatic heterocycles. The van der Waals surface area contributed by atoms with Gasteiger partial charge in [0.1, 0.15) is 5.82 Å². The predicted octanol–water partition coefficient (Wildman–Crippen LogP) is 2.80. The van der Waals surface area contributed by atoms with Crippen molar-refractivity contribution in [3.63, 3.8) is 0 Å². The fourth-order valence-electron chi connectivity index (χ4n) is 4.39. The molecule has 24 heavy (non-hydrogen) atoms. The van der Waals surface area contributed by atoms with Crippen LogP contribution in [0.5, 0.6) is 0 Å². The van der Waals surface area contributed by atoms with E-state index >= 15 is 0 Å². The number of hydrogen-bond acceptors (Lipinski definition) is 4. The highest BCUT2D eigenvalue weighted by atomic mass is 19.1. The second kappa shape index (κ2) is 5.98. The molecule has 3 aliphatic rings. The van der Waals surface area contributed by atoms with Crippen molar-refractivity contribution in [3.05, 3.63) is 29.6 Å². The van der Waals surface area contributed by atoms with E-state index in [9.17, 15) is 9.18 Å². The Kier molecular flexibility index (Phi) is 3.94. The summed E-state index contributed by atoms with van der Waals surface area (Å²) < 4.78 is 32.1. The second-order valence-corrected chi connectivity index (χ2v) is 6.68. The van der Waals surface area contributed by atoms with Gasteiger partial charge in [-0.05, 0) is 36.5 Å². The lowest BCUT2D eigenvalue weighted by Crippen LogP contribution is -2.57. The third kappa shape index (κ3) is 2.56. The van der Waals surface area contributed by atoms with Gasteiger partial charge in [0.05, 0.1) is 26.4 Å². The Morgan fingerprint density at radius 1 is 1.21 bits per heavy atom. The zero-order chi connectivity index (χ0) is 16.7. The number of ether oxygens (including phenoxy) is 3. The van der Waals surface area contributed by atoms with Crippen LogP contribution in [0.25, 0.3) is 0 Å². The number of benzene rings is 1. The second-order valence-electron chi connectivity index (χ2n) is 6.68. The van der Waals surface area contributed by atoms with Crippen LogP contribution in [0.3, 0.4) is 0 Å². The van der Waals surface area contributed by atoms with E-state index in [4.69, 9.17) is 19.3 Å². The molecule has 7 heteroatoms. The Labute approximate surface area is 138 Å². The molecule has 2 heterocycles. The maximum absolute atomic E-state index is 14.5. The van der Waals surface area contributed by atoms with Crippen molar-refractivity contribution < 1.29 is 28.5 Å². The van der Waals surface area contributed by atoms with Crippen molar-refractivity contribution in [2.75, 3.05) is 31.7 Å². The molecule has 4 rings (SSSR count). The van der Waals surface area contributed by atoms with Crippen LogP contribution < -0.4 is 5.32 Å². The monoisotopic (exact) mass is 337 g/mol. The molecule has 2 aliphatic heterocycles. The summed E-state index contributed by atoms with van der Waals surface area (Å²) in [6.07, 6.45) is 0.266. The maximum atomic E-state index is 14.5. The van der Waals surface area contributed by atoms with Gasteiger partial charge in [0, 0.05) is 17.5 Å². The van der Waals surface area contributed by atoms with E-state index < -0.39 is 11.9 Å². The van der Waals surface area contributed by atoms with Crippen LogP contribution in [0.2, 0.25) is 0 Å². The quantitative estimate of drug-likeness (QED) is 0.868. The van der Waals surface area contributed by atoms with Crippen LogP contribution in [0.1, 0.15) is 24.3 Å². The number of carboxylic acid groups (broad SMARTS) is 1. The summed E-state index contributed by atoms with van der Waals surface area (Å²) in [7, 11) is 0. The molecule has 2 atom stereocenters. The van der Waals surface area contributed by atoms with Crippen LogP contribution in [-0.4, -0.2) is 43.4 Å². The summed E-state index contributed by atoms with van der Waals surface area (Å²) in [6.45, 7) is 2.32. The minimum Gasteiger partial charge on any atom is -0.465 e.